The van der Waals surface area contributed by atoms with Crippen LogP contribution in [0.25, 0.3) is 0 Å². The number of hydrogen-bond acceptors (Lipinski definition) is 2. The van der Waals surface area contributed by atoms with E-state index in [1.54, 1.807) is 0 Å². The number of nitrogens with zero attached hydrogens (tertiary/aromatic N) is 1. The van der Waals surface area contributed by atoms with Gasteiger partial charge in [0.2, 0.25) is 0 Å². The van der Waals surface area contributed by atoms with Crippen LogP contribution in [0.1, 0.15) is 25.0 Å². The Morgan fingerprint density at radius 1 is 1.29 bits per heavy atom. The maximum absolute atomic E-state index is 3.44. The van der Waals surface area contributed by atoms with E-state index in [1.807, 2.05) is 0 Å². The smallest absolute Gasteiger partial charge is 0.0240 e. The molecule has 1 atom stereocenters. The van der Waals surface area contributed by atoms with Crippen LogP contribution in [0.4, 0.5) is 0 Å². The van der Waals surface area contributed by atoms with Crippen molar-refractivity contribution in [2.24, 2.45) is 0 Å². The van der Waals surface area contributed by atoms with Gasteiger partial charge < -0.3 is 5.32 Å². The third-order valence-electron chi connectivity index (χ3n) is 3.51. The summed E-state index contributed by atoms with van der Waals surface area (Å²) in [7, 11) is 0. The van der Waals surface area contributed by atoms with Crippen molar-refractivity contribution in [2.75, 3.05) is 19.6 Å². The quantitative estimate of drug-likeness (QED) is 0.892. The minimum atomic E-state index is 0. The SMILES string of the molecule is CCc1ccccc1CN1CCNCC1C.Cl. The molecule has 0 bridgehead atoms. The van der Waals surface area contributed by atoms with Gasteiger partial charge in [0.1, 0.15) is 0 Å². The van der Waals surface area contributed by atoms with Crippen molar-refractivity contribution >= 4 is 12.4 Å². The average molecular weight is 255 g/mol. The van der Waals surface area contributed by atoms with E-state index < -0.39 is 0 Å². The summed E-state index contributed by atoms with van der Waals surface area (Å²) < 4.78 is 0. The van der Waals surface area contributed by atoms with Crippen LogP contribution < -0.4 is 5.32 Å². The summed E-state index contributed by atoms with van der Waals surface area (Å²) in [6.07, 6.45) is 1.14. The van der Waals surface area contributed by atoms with Crippen molar-refractivity contribution in [3.8, 4) is 0 Å². The summed E-state index contributed by atoms with van der Waals surface area (Å²) in [5.74, 6) is 0. The Morgan fingerprint density at radius 2 is 2.00 bits per heavy atom. The predicted octanol–water partition coefficient (Wildman–Crippen LogP) is 2.46. The van der Waals surface area contributed by atoms with E-state index in [2.05, 4.69) is 48.3 Å². The molecule has 0 saturated carbocycles. The Hall–Kier alpha value is -0.570. The zero-order chi connectivity index (χ0) is 11.4. The Balaban J connectivity index is 0.00000144. The fourth-order valence-corrected chi connectivity index (χ4v) is 2.39. The van der Waals surface area contributed by atoms with Gasteiger partial charge in [0, 0.05) is 32.2 Å². The lowest BCUT2D eigenvalue weighted by molar-refractivity contribution is 0.165. The van der Waals surface area contributed by atoms with Gasteiger partial charge in [-0.15, -0.1) is 12.4 Å². The minimum Gasteiger partial charge on any atom is -0.314 e. The molecule has 0 amide bonds. The molecule has 0 aliphatic carbocycles. The van der Waals surface area contributed by atoms with Gasteiger partial charge in [0.05, 0.1) is 0 Å². The lowest BCUT2D eigenvalue weighted by Crippen LogP contribution is -2.49. The highest BCUT2D eigenvalue weighted by atomic mass is 35.5. The first kappa shape index (κ1) is 14.5. The summed E-state index contributed by atoms with van der Waals surface area (Å²) in [5.41, 5.74) is 2.99. The van der Waals surface area contributed by atoms with Crippen LogP contribution in [0.3, 0.4) is 0 Å². The molecule has 1 aromatic rings. The number of benzene rings is 1. The monoisotopic (exact) mass is 254 g/mol. The second-order valence-electron chi connectivity index (χ2n) is 4.65. The molecule has 2 nitrogen and oxygen atoms in total. The van der Waals surface area contributed by atoms with Crippen LogP contribution >= 0.6 is 12.4 Å². The molecule has 2 rings (SSSR count). The van der Waals surface area contributed by atoms with Crippen molar-refractivity contribution in [1.29, 1.82) is 0 Å². The number of piperazine rings is 1. The lowest BCUT2D eigenvalue weighted by Gasteiger charge is -2.34. The third kappa shape index (κ3) is 3.70. The van der Waals surface area contributed by atoms with Gasteiger partial charge in [0.25, 0.3) is 0 Å². The number of nitrogens with one attached hydrogen (secondary N) is 1. The normalized spacial score (nSPS) is 20.9. The average Bonchev–Trinajstić information content (AvgIpc) is 2.33. The van der Waals surface area contributed by atoms with Crippen molar-refractivity contribution in [2.45, 2.75) is 32.9 Å². The van der Waals surface area contributed by atoms with Crippen molar-refractivity contribution in [3.63, 3.8) is 0 Å². The second-order valence-corrected chi connectivity index (χ2v) is 4.65. The maximum atomic E-state index is 3.44. The molecule has 1 aliphatic rings. The molecular weight excluding hydrogens is 232 g/mol. The first-order chi connectivity index (χ1) is 7.81. The van der Waals surface area contributed by atoms with Crippen molar-refractivity contribution < 1.29 is 0 Å². The fourth-order valence-electron chi connectivity index (χ4n) is 2.39. The zero-order valence-corrected chi connectivity index (χ0v) is 11.6. The Bertz CT molecular complexity index is 341. The van der Waals surface area contributed by atoms with Crippen LogP contribution in [-0.2, 0) is 13.0 Å². The second kappa shape index (κ2) is 7.00. The van der Waals surface area contributed by atoms with E-state index in [1.165, 1.54) is 17.7 Å². The Morgan fingerprint density at radius 3 is 2.65 bits per heavy atom. The maximum Gasteiger partial charge on any atom is 0.0240 e. The molecule has 1 fully saturated rings. The minimum absolute atomic E-state index is 0. The number of aryl methyl sites for hydroxylation is 1. The molecule has 0 radical (unpaired) electrons. The van der Waals surface area contributed by atoms with E-state index in [0.717, 1.165) is 26.1 Å². The summed E-state index contributed by atoms with van der Waals surface area (Å²) in [6.45, 7) is 9.06. The van der Waals surface area contributed by atoms with E-state index in [9.17, 15) is 0 Å². The van der Waals surface area contributed by atoms with Crippen LogP contribution in [0.15, 0.2) is 24.3 Å². The van der Waals surface area contributed by atoms with E-state index >= 15 is 0 Å². The van der Waals surface area contributed by atoms with Gasteiger partial charge in [-0.2, -0.15) is 0 Å². The molecular formula is C14H23ClN2. The fraction of sp³-hybridized carbons (Fsp3) is 0.571. The number of hydrogen-bond donors (Lipinski definition) is 1. The van der Waals surface area contributed by atoms with Gasteiger partial charge in [0.15, 0.2) is 0 Å². The van der Waals surface area contributed by atoms with Gasteiger partial charge in [-0.3, -0.25) is 4.90 Å². The molecule has 17 heavy (non-hydrogen) atoms. The van der Waals surface area contributed by atoms with Gasteiger partial charge >= 0.3 is 0 Å². The van der Waals surface area contributed by atoms with Crippen LogP contribution in [0, 0.1) is 0 Å². The third-order valence-corrected chi connectivity index (χ3v) is 3.51. The molecule has 1 aliphatic heterocycles. The van der Waals surface area contributed by atoms with E-state index in [4.69, 9.17) is 0 Å². The molecule has 0 aromatic heterocycles. The number of halogens is 1. The van der Waals surface area contributed by atoms with Crippen LogP contribution in [0.2, 0.25) is 0 Å². The Kier molecular flexibility index (Phi) is 5.96. The molecule has 1 heterocycles. The van der Waals surface area contributed by atoms with Gasteiger partial charge in [-0.05, 0) is 24.5 Å². The largest absolute Gasteiger partial charge is 0.314 e. The highest BCUT2D eigenvalue weighted by Gasteiger charge is 2.18. The topological polar surface area (TPSA) is 15.3 Å². The predicted molar refractivity (Wildman–Crippen MR) is 75.8 cm³/mol. The van der Waals surface area contributed by atoms with Crippen molar-refractivity contribution in [1.82, 2.24) is 10.2 Å². The Labute approximate surface area is 111 Å². The number of rotatable bonds is 3. The molecule has 1 aromatic carbocycles. The molecule has 1 saturated heterocycles. The first-order valence-corrected chi connectivity index (χ1v) is 6.32. The summed E-state index contributed by atoms with van der Waals surface area (Å²) in [5, 5.41) is 3.44. The van der Waals surface area contributed by atoms with E-state index in [-0.39, 0.29) is 12.4 Å². The standard InChI is InChI=1S/C14H22N2.ClH/c1-3-13-6-4-5-7-14(13)11-16-9-8-15-10-12(16)2;/h4-7,12,15H,3,8-11H2,1-2H3;1H. The highest BCUT2D eigenvalue weighted by Crippen LogP contribution is 2.14. The van der Waals surface area contributed by atoms with Crippen LogP contribution in [-0.4, -0.2) is 30.6 Å². The van der Waals surface area contributed by atoms with Gasteiger partial charge in [-0.1, -0.05) is 31.2 Å². The summed E-state index contributed by atoms with van der Waals surface area (Å²) in [6, 6.07) is 9.47. The lowest BCUT2D eigenvalue weighted by atomic mass is 10.0. The molecule has 96 valence electrons. The molecule has 1 N–H and O–H groups in total. The molecule has 0 spiro atoms. The van der Waals surface area contributed by atoms with Crippen molar-refractivity contribution in [3.05, 3.63) is 35.4 Å². The molecule has 1 unspecified atom stereocenters. The highest BCUT2D eigenvalue weighted by molar-refractivity contribution is 5.85. The summed E-state index contributed by atoms with van der Waals surface area (Å²) >= 11 is 0. The van der Waals surface area contributed by atoms with Crippen LogP contribution in [0.5, 0.6) is 0 Å². The van der Waals surface area contributed by atoms with E-state index in [0.29, 0.717) is 6.04 Å². The first-order valence-electron chi connectivity index (χ1n) is 6.32. The zero-order valence-electron chi connectivity index (χ0n) is 10.8. The van der Waals surface area contributed by atoms with Gasteiger partial charge in [-0.25, -0.2) is 0 Å². The molecule has 3 heteroatoms. The summed E-state index contributed by atoms with van der Waals surface area (Å²) in [4.78, 5) is 2.57.